The van der Waals surface area contributed by atoms with Crippen LogP contribution in [0.2, 0.25) is 5.02 Å². The number of nitrogens with two attached hydrogens (primary N) is 1. The van der Waals surface area contributed by atoms with Crippen LogP contribution in [0.15, 0.2) is 40.4 Å². The molecule has 1 aliphatic heterocycles. The molecule has 2 N–H and O–H groups in total. The lowest BCUT2D eigenvalue weighted by Gasteiger charge is -2.18. The largest absolute Gasteiger partial charge is 0.486 e. The molecule has 2 heterocycles. The van der Waals surface area contributed by atoms with Crippen LogP contribution in [0.1, 0.15) is 0 Å². The number of fused-ring (bicyclic) bond motifs is 1. The molecule has 0 atom stereocenters. The minimum atomic E-state index is 0.532. The number of nitrogen functional groups attached to an aromatic ring is 1. The van der Waals surface area contributed by atoms with Gasteiger partial charge >= 0.3 is 0 Å². The fourth-order valence-electron chi connectivity index (χ4n) is 1.73. The van der Waals surface area contributed by atoms with Crippen molar-refractivity contribution in [3.05, 3.63) is 35.5 Å². The van der Waals surface area contributed by atoms with Gasteiger partial charge in [0.1, 0.15) is 18.2 Å². The SMILES string of the molecule is Nc1cc(Cl)cnc1Sc1ccc2c(c1)OCCO2. The van der Waals surface area contributed by atoms with Crippen molar-refractivity contribution in [2.24, 2.45) is 0 Å². The van der Waals surface area contributed by atoms with E-state index in [0.29, 0.717) is 23.9 Å². The van der Waals surface area contributed by atoms with E-state index < -0.39 is 0 Å². The van der Waals surface area contributed by atoms with Crippen LogP contribution in [0, 0.1) is 0 Å². The van der Waals surface area contributed by atoms with Gasteiger partial charge in [0.05, 0.1) is 10.7 Å². The second-order valence-electron chi connectivity index (χ2n) is 3.96. The Morgan fingerprint density at radius 3 is 2.74 bits per heavy atom. The zero-order valence-corrected chi connectivity index (χ0v) is 11.5. The molecule has 98 valence electrons. The fourth-order valence-corrected chi connectivity index (χ4v) is 2.70. The third kappa shape index (κ3) is 2.72. The smallest absolute Gasteiger partial charge is 0.162 e. The van der Waals surface area contributed by atoms with Gasteiger partial charge in [-0.2, -0.15) is 0 Å². The van der Waals surface area contributed by atoms with Gasteiger partial charge in [-0.1, -0.05) is 23.4 Å². The number of rotatable bonds is 2. The molecule has 0 aliphatic carbocycles. The zero-order valence-electron chi connectivity index (χ0n) is 9.93. The van der Waals surface area contributed by atoms with Crippen LogP contribution in [-0.4, -0.2) is 18.2 Å². The highest BCUT2D eigenvalue weighted by atomic mass is 35.5. The van der Waals surface area contributed by atoms with Crippen molar-refractivity contribution in [3.8, 4) is 11.5 Å². The van der Waals surface area contributed by atoms with Crippen LogP contribution >= 0.6 is 23.4 Å². The predicted octanol–water partition coefficient (Wildman–Crippen LogP) is 3.24. The van der Waals surface area contributed by atoms with Gasteiger partial charge in [-0.05, 0) is 24.3 Å². The first-order valence-electron chi connectivity index (χ1n) is 5.71. The van der Waals surface area contributed by atoms with Crippen LogP contribution in [0.3, 0.4) is 0 Å². The summed E-state index contributed by atoms with van der Waals surface area (Å²) in [6.45, 7) is 1.16. The Hall–Kier alpha value is -1.59. The van der Waals surface area contributed by atoms with Gasteiger partial charge in [-0.15, -0.1) is 0 Å². The van der Waals surface area contributed by atoms with Crippen LogP contribution in [0.25, 0.3) is 0 Å². The Balaban J connectivity index is 1.87. The van der Waals surface area contributed by atoms with Gasteiger partial charge in [0.15, 0.2) is 11.5 Å². The highest BCUT2D eigenvalue weighted by molar-refractivity contribution is 7.99. The van der Waals surface area contributed by atoms with Gasteiger partial charge in [0.2, 0.25) is 0 Å². The first-order chi connectivity index (χ1) is 9.22. The predicted molar refractivity (Wildman–Crippen MR) is 75.2 cm³/mol. The average molecular weight is 295 g/mol. The zero-order chi connectivity index (χ0) is 13.2. The Kier molecular flexibility index (Phi) is 3.40. The van der Waals surface area contributed by atoms with Crippen molar-refractivity contribution in [2.45, 2.75) is 9.92 Å². The fraction of sp³-hybridized carbons (Fsp3) is 0.154. The van der Waals surface area contributed by atoms with E-state index in [-0.39, 0.29) is 0 Å². The summed E-state index contributed by atoms with van der Waals surface area (Å²) in [4.78, 5) is 5.21. The number of aromatic nitrogens is 1. The van der Waals surface area contributed by atoms with E-state index in [9.17, 15) is 0 Å². The highest BCUT2D eigenvalue weighted by Gasteiger charge is 2.13. The molecule has 3 rings (SSSR count). The number of hydrogen-bond acceptors (Lipinski definition) is 5. The quantitative estimate of drug-likeness (QED) is 0.921. The van der Waals surface area contributed by atoms with Crippen LogP contribution in [-0.2, 0) is 0 Å². The van der Waals surface area contributed by atoms with Gasteiger partial charge in [-0.3, -0.25) is 0 Å². The molecule has 1 aromatic carbocycles. The van der Waals surface area contributed by atoms with E-state index in [0.717, 1.165) is 21.4 Å². The molecule has 2 aromatic rings. The summed E-state index contributed by atoms with van der Waals surface area (Å²) in [5.74, 6) is 1.52. The molecule has 19 heavy (non-hydrogen) atoms. The monoisotopic (exact) mass is 294 g/mol. The number of benzene rings is 1. The molecule has 0 bridgehead atoms. The van der Waals surface area contributed by atoms with Crippen LogP contribution < -0.4 is 15.2 Å². The van der Waals surface area contributed by atoms with Gasteiger partial charge < -0.3 is 15.2 Å². The van der Waals surface area contributed by atoms with Crippen molar-refractivity contribution < 1.29 is 9.47 Å². The number of nitrogens with zero attached hydrogens (tertiary/aromatic N) is 1. The van der Waals surface area contributed by atoms with Crippen molar-refractivity contribution in [1.29, 1.82) is 0 Å². The molecule has 0 saturated heterocycles. The van der Waals surface area contributed by atoms with E-state index in [1.807, 2.05) is 18.2 Å². The van der Waals surface area contributed by atoms with Gasteiger partial charge in [0.25, 0.3) is 0 Å². The third-order valence-electron chi connectivity index (χ3n) is 2.57. The minimum Gasteiger partial charge on any atom is -0.486 e. The van der Waals surface area contributed by atoms with Gasteiger partial charge in [-0.25, -0.2) is 4.98 Å². The molecular weight excluding hydrogens is 284 g/mol. The van der Waals surface area contributed by atoms with Crippen LogP contribution in [0.4, 0.5) is 5.69 Å². The number of hydrogen-bond donors (Lipinski definition) is 1. The Morgan fingerprint density at radius 2 is 1.95 bits per heavy atom. The van der Waals surface area contributed by atoms with E-state index >= 15 is 0 Å². The van der Waals surface area contributed by atoms with Crippen LogP contribution in [0.5, 0.6) is 11.5 Å². The first kappa shape index (κ1) is 12.4. The minimum absolute atomic E-state index is 0.532. The summed E-state index contributed by atoms with van der Waals surface area (Å²) in [6.07, 6.45) is 1.58. The summed E-state index contributed by atoms with van der Waals surface area (Å²) in [5, 5.41) is 1.25. The normalized spacial score (nSPS) is 13.3. The number of pyridine rings is 1. The number of anilines is 1. The third-order valence-corrected chi connectivity index (χ3v) is 3.80. The molecule has 6 heteroatoms. The molecule has 0 amide bonds. The molecule has 0 saturated carbocycles. The standard InChI is InChI=1S/C13H11ClN2O2S/c14-8-5-10(15)13(16-7-8)19-9-1-2-11-12(6-9)18-4-3-17-11/h1-2,5-7H,3-4,15H2. The highest BCUT2D eigenvalue weighted by Crippen LogP contribution is 2.37. The van der Waals surface area contributed by atoms with Crippen molar-refractivity contribution in [1.82, 2.24) is 4.98 Å². The first-order valence-corrected chi connectivity index (χ1v) is 6.90. The summed E-state index contributed by atoms with van der Waals surface area (Å²) >= 11 is 7.29. The van der Waals surface area contributed by atoms with E-state index in [4.69, 9.17) is 26.8 Å². The van der Waals surface area contributed by atoms with Crippen molar-refractivity contribution >= 4 is 29.1 Å². The van der Waals surface area contributed by atoms with Crippen molar-refractivity contribution in [2.75, 3.05) is 18.9 Å². The molecular formula is C13H11ClN2O2S. The molecule has 1 aliphatic rings. The maximum atomic E-state index is 5.88. The second kappa shape index (κ2) is 5.19. The topological polar surface area (TPSA) is 57.4 Å². The molecule has 4 nitrogen and oxygen atoms in total. The molecule has 0 unspecified atom stereocenters. The second-order valence-corrected chi connectivity index (χ2v) is 5.45. The Morgan fingerprint density at radius 1 is 1.16 bits per heavy atom. The van der Waals surface area contributed by atoms with Gasteiger partial charge in [0, 0.05) is 11.1 Å². The average Bonchev–Trinajstić information content (AvgIpc) is 2.42. The maximum absolute atomic E-state index is 5.88. The number of halogens is 1. The lowest BCUT2D eigenvalue weighted by Crippen LogP contribution is -2.15. The van der Waals surface area contributed by atoms with Crippen molar-refractivity contribution in [3.63, 3.8) is 0 Å². The Labute approximate surface area is 119 Å². The van der Waals surface area contributed by atoms with E-state index in [1.54, 1.807) is 12.3 Å². The molecule has 0 radical (unpaired) electrons. The summed E-state index contributed by atoms with van der Waals surface area (Å²) in [5.41, 5.74) is 6.45. The molecule has 0 spiro atoms. The van der Waals surface area contributed by atoms with E-state index in [2.05, 4.69) is 4.98 Å². The maximum Gasteiger partial charge on any atom is 0.162 e. The Bertz CT molecular complexity index is 622. The lowest BCUT2D eigenvalue weighted by atomic mass is 10.3. The van der Waals surface area contributed by atoms with E-state index in [1.165, 1.54) is 11.8 Å². The summed E-state index contributed by atoms with van der Waals surface area (Å²) < 4.78 is 11.0. The summed E-state index contributed by atoms with van der Waals surface area (Å²) in [6, 6.07) is 7.46. The lowest BCUT2D eigenvalue weighted by molar-refractivity contribution is 0.171. The molecule has 1 aromatic heterocycles. The summed E-state index contributed by atoms with van der Waals surface area (Å²) in [7, 11) is 0. The number of ether oxygens (including phenoxy) is 2. The molecule has 0 fully saturated rings.